The number of hydrogen-bond donors (Lipinski definition) is 1. The summed E-state index contributed by atoms with van der Waals surface area (Å²) in [6.07, 6.45) is 13.8. The molecular weight excluding hydrogens is 324 g/mol. The van der Waals surface area contributed by atoms with Crippen LogP contribution in [0.2, 0.25) is 0 Å². The van der Waals surface area contributed by atoms with Crippen molar-refractivity contribution in [1.29, 1.82) is 0 Å². The summed E-state index contributed by atoms with van der Waals surface area (Å²) in [6, 6.07) is 0. The Morgan fingerprint density at radius 3 is 2.65 bits per heavy atom. The third kappa shape index (κ3) is 2.31. The SMILES string of the molecule is C[C@]12CC[C@H]3[C@@H](CCC4CC(O)C=C[C@@]43C)[C@H]1CC[C@@H]2[C@@H]1COC(=O)C1. The predicted octanol–water partition coefficient (Wildman–Crippen LogP) is 4.35. The van der Waals surface area contributed by atoms with Gasteiger partial charge in [-0.3, -0.25) is 4.79 Å². The first-order valence-electron chi connectivity index (χ1n) is 10.9. The average Bonchev–Trinajstić information content (AvgIpc) is 3.18. The van der Waals surface area contributed by atoms with E-state index >= 15 is 0 Å². The van der Waals surface area contributed by atoms with Crippen LogP contribution in [-0.4, -0.2) is 23.8 Å². The molecule has 1 aliphatic heterocycles. The van der Waals surface area contributed by atoms with E-state index in [2.05, 4.69) is 26.0 Å². The Morgan fingerprint density at radius 1 is 1.08 bits per heavy atom. The van der Waals surface area contributed by atoms with Crippen LogP contribution < -0.4 is 0 Å². The molecule has 9 atom stereocenters. The quantitative estimate of drug-likeness (QED) is 0.560. The molecule has 26 heavy (non-hydrogen) atoms. The van der Waals surface area contributed by atoms with Crippen LogP contribution >= 0.6 is 0 Å². The molecule has 1 heterocycles. The fraction of sp³-hybridized carbons (Fsp3) is 0.870. The van der Waals surface area contributed by atoms with Gasteiger partial charge in [0.05, 0.1) is 19.1 Å². The molecule has 4 fully saturated rings. The van der Waals surface area contributed by atoms with Crippen molar-refractivity contribution in [2.45, 2.75) is 71.3 Å². The second-order valence-corrected chi connectivity index (χ2v) is 10.6. The fourth-order valence-corrected chi connectivity index (χ4v) is 8.39. The van der Waals surface area contributed by atoms with E-state index in [1.807, 2.05) is 0 Å². The zero-order chi connectivity index (χ0) is 18.1. The maximum atomic E-state index is 11.7. The van der Waals surface area contributed by atoms with Crippen LogP contribution in [0.15, 0.2) is 12.2 Å². The number of esters is 1. The van der Waals surface area contributed by atoms with E-state index in [-0.39, 0.29) is 17.5 Å². The van der Waals surface area contributed by atoms with Crippen LogP contribution in [0.4, 0.5) is 0 Å². The van der Waals surface area contributed by atoms with Gasteiger partial charge in [-0.25, -0.2) is 0 Å². The predicted molar refractivity (Wildman–Crippen MR) is 100 cm³/mol. The van der Waals surface area contributed by atoms with E-state index in [9.17, 15) is 9.90 Å². The van der Waals surface area contributed by atoms with Gasteiger partial charge in [-0.05, 0) is 85.4 Å². The molecule has 0 bridgehead atoms. The molecule has 5 rings (SSSR count). The number of rotatable bonds is 1. The second-order valence-electron chi connectivity index (χ2n) is 10.6. The number of fused-ring (bicyclic) bond motifs is 5. The van der Waals surface area contributed by atoms with Crippen LogP contribution in [0.1, 0.15) is 65.2 Å². The molecule has 1 N–H and O–H groups in total. The van der Waals surface area contributed by atoms with Crippen molar-refractivity contribution in [1.82, 2.24) is 0 Å². The molecule has 0 amide bonds. The van der Waals surface area contributed by atoms with Gasteiger partial charge in [0.2, 0.25) is 0 Å². The summed E-state index contributed by atoms with van der Waals surface area (Å²) in [7, 11) is 0. The number of carbonyl (C=O) groups is 1. The number of aliphatic hydroxyl groups excluding tert-OH is 1. The Hall–Kier alpha value is -0.830. The van der Waals surface area contributed by atoms with Crippen LogP contribution in [0.25, 0.3) is 0 Å². The van der Waals surface area contributed by atoms with Crippen LogP contribution in [-0.2, 0) is 9.53 Å². The standard InChI is InChI=1S/C23H34O3/c1-22-9-7-16(24)12-15(22)3-4-17-19-6-5-18(14-11-21(25)26-13-14)23(19,2)10-8-20(17)22/h7,9,14-20,24H,3-6,8,10-13H2,1-2H3/t14-,15?,16?,17-,18+,19+,20-,22-,23+/m0/s1. The molecule has 0 aromatic carbocycles. The summed E-state index contributed by atoms with van der Waals surface area (Å²) in [6.45, 7) is 5.69. The van der Waals surface area contributed by atoms with Crippen molar-refractivity contribution in [3.63, 3.8) is 0 Å². The number of carbonyl (C=O) groups excluding carboxylic acids is 1. The van der Waals surface area contributed by atoms with Crippen molar-refractivity contribution in [2.24, 2.45) is 46.3 Å². The lowest BCUT2D eigenvalue weighted by atomic mass is 9.45. The van der Waals surface area contributed by atoms with Gasteiger partial charge in [0.15, 0.2) is 0 Å². The molecule has 0 spiro atoms. The van der Waals surface area contributed by atoms with Gasteiger partial charge >= 0.3 is 5.97 Å². The number of aliphatic hydroxyl groups is 1. The highest BCUT2D eigenvalue weighted by atomic mass is 16.5. The minimum Gasteiger partial charge on any atom is -0.465 e. The van der Waals surface area contributed by atoms with Crippen molar-refractivity contribution in [3.8, 4) is 0 Å². The second kappa shape index (κ2) is 5.83. The van der Waals surface area contributed by atoms with Gasteiger partial charge in [-0.1, -0.05) is 26.0 Å². The van der Waals surface area contributed by atoms with Gasteiger partial charge in [0, 0.05) is 5.92 Å². The van der Waals surface area contributed by atoms with Gasteiger partial charge in [0.25, 0.3) is 0 Å². The lowest BCUT2D eigenvalue weighted by molar-refractivity contribution is -0.137. The molecule has 1 saturated heterocycles. The van der Waals surface area contributed by atoms with Gasteiger partial charge in [-0.2, -0.15) is 0 Å². The summed E-state index contributed by atoms with van der Waals surface area (Å²) in [5, 5.41) is 10.1. The molecule has 0 radical (unpaired) electrons. The smallest absolute Gasteiger partial charge is 0.306 e. The van der Waals surface area contributed by atoms with E-state index < -0.39 is 0 Å². The molecule has 144 valence electrons. The molecular formula is C23H34O3. The van der Waals surface area contributed by atoms with Gasteiger partial charge in [-0.15, -0.1) is 0 Å². The maximum absolute atomic E-state index is 11.7. The minimum absolute atomic E-state index is 0.0228. The van der Waals surface area contributed by atoms with Gasteiger partial charge < -0.3 is 9.84 Å². The lowest BCUT2D eigenvalue weighted by Crippen LogP contribution is -2.53. The summed E-state index contributed by atoms with van der Waals surface area (Å²) in [5.41, 5.74) is 0.689. The number of ether oxygens (including phenoxy) is 1. The highest BCUT2D eigenvalue weighted by molar-refractivity contribution is 5.71. The zero-order valence-corrected chi connectivity index (χ0v) is 16.3. The number of allylic oxidation sites excluding steroid dienone is 1. The summed E-state index contributed by atoms with van der Waals surface area (Å²) in [5.74, 6) is 4.25. The first kappa shape index (κ1) is 17.3. The minimum atomic E-state index is -0.228. The molecule has 0 aromatic rings. The maximum Gasteiger partial charge on any atom is 0.306 e. The van der Waals surface area contributed by atoms with Crippen LogP contribution in [0.5, 0.6) is 0 Å². The molecule has 3 saturated carbocycles. The Kier molecular flexibility index (Phi) is 3.88. The van der Waals surface area contributed by atoms with Gasteiger partial charge in [0.1, 0.15) is 0 Å². The Labute approximate surface area is 157 Å². The topological polar surface area (TPSA) is 46.5 Å². The normalized spacial score (nSPS) is 55.8. The number of hydrogen-bond acceptors (Lipinski definition) is 3. The lowest BCUT2D eigenvalue weighted by Gasteiger charge is -2.59. The average molecular weight is 359 g/mol. The molecule has 0 aromatic heterocycles. The molecule has 4 aliphatic carbocycles. The monoisotopic (exact) mass is 358 g/mol. The number of cyclic esters (lactones) is 1. The molecule has 2 unspecified atom stereocenters. The molecule has 3 heteroatoms. The summed E-state index contributed by atoms with van der Waals surface area (Å²) >= 11 is 0. The van der Waals surface area contributed by atoms with E-state index in [0.717, 1.165) is 24.2 Å². The van der Waals surface area contributed by atoms with Crippen LogP contribution in [0, 0.1) is 46.3 Å². The third-order valence-electron chi connectivity index (χ3n) is 9.70. The first-order chi connectivity index (χ1) is 12.4. The van der Waals surface area contributed by atoms with Crippen molar-refractivity contribution in [3.05, 3.63) is 12.2 Å². The first-order valence-corrected chi connectivity index (χ1v) is 10.9. The Bertz CT molecular complexity index is 627. The largest absolute Gasteiger partial charge is 0.465 e. The highest BCUT2D eigenvalue weighted by Crippen LogP contribution is 2.67. The van der Waals surface area contributed by atoms with Crippen molar-refractivity contribution >= 4 is 5.97 Å². The van der Waals surface area contributed by atoms with E-state index in [1.54, 1.807) is 0 Å². The zero-order valence-electron chi connectivity index (χ0n) is 16.3. The van der Waals surface area contributed by atoms with E-state index in [4.69, 9.17) is 4.74 Å². The summed E-state index contributed by atoms with van der Waals surface area (Å²) < 4.78 is 5.33. The van der Waals surface area contributed by atoms with Crippen molar-refractivity contribution in [2.75, 3.05) is 6.61 Å². The third-order valence-corrected chi connectivity index (χ3v) is 9.70. The Morgan fingerprint density at radius 2 is 1.88 bits per heavy atom. The van der Waals surface area contributed by atoms with E-state index in [1.165, 1.54) is 38.5 Å². The van der Waals surface area contributed by atoms with Crippen LogP contribution in [0.3, 0.4) is 0 Å². The fourth-order valence-electron chi connectivity index (χ4n) is 8.39. The van der Waals surface area contributed by atoms with E-state index in [0.29, 0.717) is 36.2 Å². The highest BCUT2D eigenvalue weighted by Gasteiger charge is 2.60. The van der Waals surface area contributed by atoms with Crippen molar-refractivity contribution < 1.29 is 14.6 Å². The Balaban J connectivity index is 1.41. The molecule has 3 nitrogen and oxygen atoms in total. The summed E-state index contributed by atoms with van der Waals surface area (Å²) in [4.78, 5) is 11.7. The molecule has 5 aliphatic rings.